The summed E-state index contributed by atoms with van der Waals surface area (Å²) in [6.07, 6.45) is 1.56. The molecule has 1 saturated heterocycles. The van der Waals surface area contributed by atoms with Crippen LogP contribution in [-0.2, 0) is 10.0 Å². The molecule has 4 rings (SSSR count). The van der Waals surface area contributed by atoms with Gasteiger partial charge in [0.25, 0.3) is 11.5 Å². The Morgan fingerprint density at radius 1 is 0.939 bits per heavy atom. The van der Waals surface area contributed by atoms with Gasteiger partial charge in [0.15, 0.2) is 0 Å². The highest BCUT2D eigenvalue weighted by Gasteiger charge is 2.28. The van der Waals surface area contributed by atoms with Gasteiger partial charge in [-0.15, -0.1) is 0 Å². The lowest BCUT2D eigenvalue weighted by molar-refractivity contribution is 0.0697. The van der Waals surface area contributed by atoms with Crippen LogP contribution in [0.1, 0.15) is 21.5 Å². The molecule has 33 heavy (non-hydrogen) atoms. The number of H-pyrrole nitrogens is 1. The number of carbonyl (C=O) groups excluding carboxylic acids is 1. The SMILES string of the molecule is Cc1cccc(-c2ccc(C(=O)N3CCN(S(=O)(=O)/C=C/c4ccccc4)CC3)c(=O)[nH]2)c1. The van der Waals surface area contributed by atoms with Gasteiger partial charge in [-0.25, -0.2) is 8.42 Å². The van der Waals surface area contributed by atoms with Crippen molar-refractivity contribution >= 4 is 22.0 Å². The summed E-state index contributed by atoms with van der Waals surface area (Å²) in [5.41, 5.74) is 2.96. The van der Waals surface area contributed by atoms with E-state index in [1.54, 1.807) is 12.1 Å². The molecule has 8 heteroatoms. The maximum atomic E-state index is 12.9. The number of amides is 1. The number of aryl methyl sites for hydroxylation is 1. The van der Waals surface area contributed by atoms with E-state index in [0.29, 0.717) is 5.69 Å². The molecule has 1 amide bonds. The highest BCUT2D eigenvalue weighted by molar-refractivity contribution is 7.92. The van der Waals surface area contributed by atoms with Gasteiger partial charge in [0, 0.05) is 37.3 Å². The van der Waals surface area contributed by atoms with Crippen molar-refractivity contribution in [3.05, 3.63) is 99.2 Å². The van der Waals surface area contributed by atoms with Crippen molar-refractivity contribution in [3.8, 4) is 11.3 Å². The van der Waals surface area contributed by atoms with Crippen LogP contribution in [0.15, 0.2) is 76.9 Å². The van der Waals surface area contributed by atoms with Crippen LogP contribution in [0.25, 0.3) is 17.3 Å². The van der Waals surface area contributed by atoms with Crippen molar-refractivity contribution < 1.29 is 13.2 Å². The summed E-state index contributed by atoms with van der Waals surface area (Å²) in [7, 11) is -3.60. The summed E-state index contributed by atoms with van der Waals surface area (Å²) >= 11 is 0. The highest BCUT2D eigenvalue weighted by atomic mass is 32.2. The average Bonchev–Trinajstić information content (AvgIpc) is 2.83. The van der Waals surface area contributed by atoms with Crippen LogP contribution in [0.5, 0.6) is 0 Å². The molecule has 170 valence electrons. The molecule has 3 aromatic rings. The lowest BCUT2D eigenvalue weighted by Crippen LogP contribution is -2.50. The number of sulfonamides is 1. The van der Waals surface area contributed by atoms with E-state index in [1.807, 2.05) is 61.5 Å². The summed E-state index contributed by atoms with van der Waals surface area (Å²) in [6.45, 7) is 2.75. The van der Waals surface area contributed by atoms with E-state index in [-0.39, 0.29) is 31.7 Å². The van der Waals surface area contributed by atoms with Crippen LogP contribution in [-0.4, -0.2) is 54.7 Å². The fraction of sp³-hybridized carbons (Fsp3) is 0.200. The van der Waals surface area contributed by atoms with Crippen molar-refractivity contribution in [1.29, 1.82) is 0 Å². The second-order valence-electron chi connectivity index (χ2n) is 7.93. The van der Waals surface area contributed by atoms with Gasteiger partial charge in [-0.1, -0.05) is 54.1 Å². The van der Waals surface area contributed by atoms with Gasteiger partial charge < -0.3 is 9.88 Å². The monoisotopic (exact) mass is 463 g/mol. The van der Waals surface area contributed by atoms with Crippen molar-refractivity contribution in [2.75, 3.05) is 26.2 Å². The molecule has 1 aliphatic rings. The summed E-state index contributed by atoms with van der Waals surface area (Å²) in [4.78, 5) is 29.8. The Morgan fingerprint density at radius 2 is 1.67 bits per heavy atom. The first kappa shape index (κ1) is 22.7. The predicted molar refractivity (Wildman–Crippen MR) is 129 cm³/mol. The molecule has 0 atom stereocenters. The summed E-state index contributed by atoms with van der Waals surface area (Å²) in [5.74, 6) is -0.399. The molecule has 1 N–H and O–H groups in total. The molecule has 0 radical (unpaired) electrons. The lowest BCUT2D eigenvalue weighted by atomic mass is 10.1. The zero-order chi connectivity index (χ0) is 23.4. The van der Waals surface area contributed by atoms with Gasteiger partial charge in [0.2, 0.25) is 10.0 Å². The molecular formula is C25H25N3O4S. The van der Waals surface area contributed by atoms with Crippen molar-refractivity contribution in [1.82, 2.24) is 14.2 Å². The van der Waals surface area contributed by atoms with Gasteiger partial charge in [0.05, 0.1) is 0 Å². The number of nitrogens with one attached hydrogen (secondary N) is 1. The smallest absolute Gasteiger partial charge is 0.261 e. The normalized spacial score (nSPS) is 15.1. The van der Waals surface area contributed by atoms with Crippen LogP contribution in [0.2, 0.25) is 0 Å². The van der Waals surface area contributed by atoms with E-state index in [2.05, 4.69) is 4.98 Å². The van der Waals surface area contributed by atoms with E-state index in [4.69, 9.17) is 0 Å². The number of carbonyl (C=O) groups is 1. The van der Waals surface area contributed by atoms with Gasteiger partial charge in [-0.3, -0.25) is 9.59 Å². The Labute approximate surface area is 193 Å². The molecule has 0 unspecified atom stereocenters. The fourth-order valence-corrected chi connectivity index (χ4v) is 4.93. The minimum atomic E-state index is -3.60. The first-order valence-corrected chi connectivity index (χ1v) is 12.2. The second-order valence-corrected chi connectivity index (χ2v) is 9.75. The van der Waals surface area contributed by atoms with E-state index in [0.717, 1.165) is 16.7 Å². The summed E-state index contributed by atoms with van der Waals surface area (Å²) in [6, 6.07) is 20.2. The minimum absolute atomic E-state index is 0.0479. The fourth-order valence-electron chi connectivity index (χ4n) is 3.75. The van der Waals surface area contributed by atoms with E-state index >= 15 is 0 Å². The first-order valence-electron chi connectivity index (χ1n) is 10.7. The third kappa shape index (κ3) is 5.30. The zero-order valence-electron chi connectivity index (χ0n) is 18.3. The molecule has 2 aromatic carbocycles. The Balaban J connectivity index is 1.42. The number of aromatic amines is 1. The lowest BCUT2D eigenvalue weighted by Gasteiger charge is -2.33. The number of benzene rings is 2. The topological polar surface area (TPSA) is 90.6 Å². The number of hydrogen-bond donors (Lipinski definition) is 1. The van der Waals surface area contributed by atoms with Crippen LogP contribution in [0, 0.1) is 6.92 Å². The number of hydrogen-bond acceptors (Lipinski definition) is 4. The number of nitrogens with zero attached hydrogens (tertiary/aromatic N) is 2. The summed E-state index contributed by atoms with van der Waals surface area (Å²) in [5, 5.41) is 1.19. The van der Waals surface area contributed by atoms with Gasteiger partial charge >= 0.3 is 0 Å². The molecule has 1 aromatic heterocycles. The Bertz CT molecular complexity index is 1340. The van der Waals surface area contributed by atoms with E-state index < -0.39 is 21.5 Å². The molecule has 7 nitrogen and oxygen atoms in total. The third-order valence-corrected chi connectivity index (χ3v) is 7.15. The van der Waals surface area contributed by atoms with Gasteiger partial charge in [-0.2, -0.15) is 4.31 Å². The van der Waals surface area contributed by atoms with Gasteiger partial charge in [0.1, 0.15) is 5.56 Å². The number of pyridine rings is 1. The largest absolute Gasteiger partial charge is 0.336 e. The number of piperazine rings is 1. The number of rotatable bonds is 5. The van der Waals surface area contributed by atoms with Crippen LogP contribution in [0.3, 0.4) is 0 Å². The van der Waals surface area contributed by atoms with E-state index in [1.165, 1.54) is 20.7 Å². The van der Waals surface area contributed by atoms with Crippen molar-refractivity contribution in [2.24, 2.45) is 0 Å². The van der Waals surface area contributed by atoms with E-state index in [9.17, 15) is 18.0 Å². The Hall–Kier alpha value is -3.49. The Kier molecular flexibility index (Phi) is 6.57. The molecule has 1 fully saturated rings. The quantitative estimate of drug-likeness (QED) is 0.630. The predicted octanol–water partition coefficient (Wildman–Crippen LogP) is 3.11. The van der Waals surface area contributed by atoms with Crippen LogP contribution in [0.4, 0.5) is 0 Å². The third-order valence-electron chi connectivity index (χ3n) is 5.59. The molecule has 0 spiro atoms. The first-order chi connectivity index (χ1) is 15.8. The minimum Gasteiger partial charge on any atom is -0.336 e. The van der Waals surface area contributed by atoms with Crippen molar-refractivity contribution in [3.63, 3.8) is 0 Å². The standard InChI is InChI=1S/C25H25N3O4S/c1-19-6-5-9-21(18-19)23-11-10-22(24(29)26-23)25(30)27-13-15-28(16-14-27)33(31,32)17-12-20-7-3-2-4-8-20/h2-12,17-18H,13-16H2,1H3,(H,26,29)/b17-12+. The second kappa shape index (κ2) is 9.56. The molecule has 0 aliphatic carbocycles. The molecular weight excluding hydrogens is 438 g/mol. The van der Waals surface area contributed by atoms with Gasteiger partial charge in [-0.05, 0) is 42.3 Å². The Morgan fingerprint density at radius 3 is 2.33 bits per heavy atom. The highest BCUT2D eigenvalue weighted by Crippen LogP contribution is 2.18. The van der Waals surface area contributed by atoms with Crippen molar-refractivity contribution in [2.45, 2.75) is 6.92 Å². The van der Waals surface area contributed by atoms with Crippen LogP contribution >= 0.6 is 0 Å². The van der Waals surface area contributed by atoms with Crippen LogP contribution < -0.4 is 5.56 Å². The average molecular weight is 464 g/mol. The molecule has 0 saturated carbocycles. The molecule has 0 bridgehead atoms. The molecule has 2 heterocycles. The summed E-state index contributed by atoms with van der Waals surface area (Å²) < 4.78 is 26.6. The zero-order valence-corrected chi connectivity index (χ0v) is 19.1. The number of aromatic nitrogens is 1. The maximum Gasteiger partial charge on any atom is 0.261 e. The maximum absolute atomic E-state index is 12.9. The molecule has 1 aliphatic heterocycles.